The molecule has 1 unspecified atom stereocenters. The molecule has 1 atom stereocenters. The zero-order valence-corrected chi connectivity index (χ0v) is 16.5. The predicted octanol–water partition coefficient (Wildman–Crippen LogP) is 4.98. The standard InChI is InChI=1S/C22H22Cl2N2O/c23-19-5-2-17-11-21(6-3-16(17)9-19)25-12-22(27)14-26-8-7-15-1-4-20(24)10-18(15)13-26/h1-6,9-11,22,25,27H,7-8,12-14H2. The number of nitrogens with one attached hydrogen (secondary N) is 1. The Balaban J connectivity index is 1.33. The maximum atomic E-state index is 10.5. The molecule has 1 heterocycles. The molecule has 4 rings (SSSR count). The van der Waals surface area contributed by atoms with Crippen molar-refractivity contribution in [3.8, 4) is 0 Å². The van der Waals surface area contributed by atoms with Crippen LogP contribution in [0, 0.1) is 0 Å². The van der Waals surface area contributed by atoms with Gasteiger partial charge in [-0.3, -0.25) is 4.90 Å². The van der Waals surface area contributed by atoms with Crippen LogP contribution in [0.2, 0.25) is 10.0 Å². The van der Waals surface area contributed by atoms with E-state index in [-0.39, 0.29) is 0 Å². The normalized spacial score (nSPS) is 15.5. The van der Waals surface area contributed by atoms with E-state index in [0.717, 1.165) is 46.0 Å². The van der Waals surface area contributed by atoms with Crippen LogP contribution in [0.4, 0.5) is 5.69 Å². The first kappa shape index (κ1) is 18.6. The topological polar surface area (TPSA) is 35.5 Å². The third-order valence-corrected chi connectivity index (χ3v) is 5.54. The molecule has 3 aromatic rings. The summed E-state index contributed by atoms with van der Waals surface area (Å²) >= 11 is 12.1. The van der Waals surface area contributed by atoms with Crippen molar-refractivity contribution in [1.29, 1.82) is 0 Å². The third-order valence-electron chi connectivity index (χ3n) is 5.07. The molecule has 0 fully saturated rings. The molecule has 0 amide bonds. The van der Waals surface area contributed by atoms with Gasteiger partial charge in [-0.1, -0.05) is 41.4 Å². The predicted molar refractivity (Wildman–Crippen MR) is 114 cm³/mol. The maximum absolute atomic E-state index is 10.5. The highest BCUT2D eigenvalue weighted by Crippen LogP contribution is 2.24. The van der Waals surface area contributed by atoms with Crippen molar-refractivity contribution in [3.05, 3.63) is 75.8 Å². The molecule has 3 nitrogen and oxygen atoms in total. The Morgan fingerprint density at radius 1 is 0.926 bits per heavy atom. The van der Waals surface area contributed by atoms with Crippen LogP contribution < -0.4 is 5.32 Å². The fourth-order valence-corrected chi connectivity index (χ4v) is 4.04. The number of benzene rings is 3. The summed E-state index contributed by atoms with van der Waals surface area (Å²) in [6.07, 6.45) is 0.562. The lowest BCUT2D eigenvalue weighted by Crippen LogP contribution is -2.39. The monoisotopic (exact) mass is 400 g/mol. The van der Waals surface area contributed by atoms with Gasteiger partial charge in [0.2, 0.25) is 0 Å². The van der Waals surface area contributed by atoms with E-state index in [4.69, 9.17) is 23.2 Å². The minimum Gasteiger partial charge on any atom is -0.390 e. The number of β-amino-alcohol motifs (C(OH)–C–C–N with tert-alkyl or cyclic N) is 1. The Hall–Kier alpha value is -1.78. The summed E-state index contributed by atoms with van der Waals surface area (Å²) in [5, 5.41) is 17.6. The van der Waals surface area contributed by atoms with Crippen LogP contribution >= 0.6 is 23.2 Å². The van der Waals surface area contributed by atoms with Crippen molar-refractivity contribution >= 4 is 39.7 Å². The minimum absolute atomic E-state index is 0.438. The van der Waals surface area contributed by atoms with E-state index in [0.29, 0.717) is 13.1 Å². The molecular weight excluding hydrogens is 379 g/mol. The molecule has 0 aliphatic carbocycles. The lowest BCUT2D eigenvalue weighted by molar-refractivity contribution is 0.114. The van der Waals surface area contributed by atoms with E-state index in [1.807, 2.05) is 42.5 Å². The number of hydrogen-bond donors (Lipinski definition) is 2. The molecular formula is C22H22Cl2N2O. The molecule has 2 N–H and O–H groups in total. The van der Waals surface area contributed by atoms with E-state index in [1.54, 1.807) is 0 Å². The molecule has 0 saturated heterocycles. The summed E-state index contributed by atoms with van der Waals surface area (Å²) in [5.74, 6) is 0. The molecule has 0 saturated carbocycles. The van der Waals surface area contributed by atoms with E-state index in [1.165, 1.54) is 11.1 Å². The first-order chi connectivity index (χ1) is 13.1. The highest BCUT2D eigenvalue weighted by Gasteiger charge is 2.19. The number of hydrogen-bond acceptors (Lipinski definition) is 3. The second-order valence-electron chi connectivity index (χ2n) is 7.14. The fraction of sp³-hybridized carbons (Fsp3) is 0.273. The molecule has 3 aromatic carbocycles. The van der Waals surface area contributed by atoms with Crippen molar-refractivity contribution < 1.29 is 5.11 Å². The number of nitrogens with zero attached hydrogens (tertiary/aromatic N) is 1. The molecule has 0 spiro atoms. The molecule has 27 heavy (non-hydrogen) atoms. The SMILES string of the molecule is OC(CNc1ccc2cc(Cl)ccc2c1)CN1CCc2ccc(Cl)cc2C1. The lowest BCUT2D eigenvalue weighted by atomic mass is 9.99. The summed E-state index contributed by atoms with van der Waals surface area (Å²) in [5.41, 5.74) is 3.63. The molecule has 140 valence electrons. The Morgan fingerprint density at radius 2 is 1.67 bits per heavy atom. The van der Waals surface area contributed by atoms with Crippen molar-refractivity contribution in [1.82, 2.24) is 4.90 Å². The molecule has 0 aromatic heterocycles. The van der Waals surface area contributed by atoms with Gasteiger partial charge in [0.1, 0.15) is 0 Å². The van der Waals surface area contributed by atoms with Gasteiger partial charge in [-0.2, -0.15) is 0 Å². The summed E-state index contributed by atoms with van der Waals surface area (Å²) < 4.78 is 0. The number of aliphatic hydroxyl groups is 1. The number of anilines is 1. The largest absolute Gasteiger partial charge is 0.390 e. The Bertz CT molecular complexity index is 960. The number of halogens is 2. The molecule has 0 bridgehead atoms. The number of rotatable bonds is 5. The number of fused-ring (bicyclic) bond motifs is 2. The van der Waals surface area contributed by atoms with Crippen molar-refractivity contribution in [2.75, 3.05) is 25.0 Å². The van der Waals surface area contributed by atoms with Gasteiger partial charge in [-0.25, -0.2) is 0 Å². The van der Waals surface area contributed by atoms with Gasteiger partial charge in [0.05, 0.1) is 6.10 Å². The van der Waals surface area contributed by atoms with E-state index >= 15 is 0 Å². The Morgan fingerprint density at radius 3 is 2.56 bits per heavy atom. The van der Waals surface area contributed by atoms with E-state index in [2.05, 4.69) is 22.3 Å². The maximum Gasteiger partial charge on any atom is 0.0839 e. The van der Waals surface area contributed by atoms with Crippen molar-refractivity contribution in [2.24, 2.45) is 0 Å². The van der Waals surface area contributed by atoms with Crippen molar-refractivity contribution in [3.63, 3.8) is 0 Å². The highest BCUT2D eigenvalue weighted by atomic mass is 35.5. The zero-order chi connectivity index (χ0) is 18.8. The van der Waals surface area contributed by atoms with Gasteiger partial charge in [0.25, 0.3) is 0 Å². The van der Waals surface area contributed by atoms with Crippen LogP contribution in [0.15, 0.2) is 54.6 Å². The van der Waals surface area contributed by atoms with Crippen LogP contribution in [0.1, 0.15) is 11.1 Å². The highest BCUT2D eigenvalue weighted by molar-refractivity contribution is 6.31. The quantitative estimate of drug-likeness (QED) is 0.633. The summed E-state index contributed by atoms with van der Waals surface area (Å²) in [6, 6.07) is 18.1. The van der Waals surface area contributed by atoms with Gasteiger partial charge in [0.15, 0.2) is 0 Å². The summed E-state index contributed by atoms with van der Waals surface area (Å²) in [6.45, 7) is 2.95. The van der Waals surface area contributed by atoms with E-state index in [9.17, 15) is 5.11 Å². The average Bonchev–Trinajstić information content (AvgIpc) is 2.66. The van der Waals surface area contributed by atoms with Crippen LogP contribution in [-0.4, -0.2) is 35.7 Å². The second kappa shape index (κ2) is 8.07. The average molecular weight is 401 g/mol. The van der Waals surface area contributed by atoms with Gasteiger partial charge >= 0.3 is 0 Å². The molecule has 1 aliphatic rings. The first-order valence-electron chi connectivity index (χ1n) is 9.18. The lowest BCUT2D eigenvalue weighted by Gasteiger charge is -2.30. The molecule has 1 aliphatic heterocycles. The molecule has 0 radical (unpaired) electrons. The van der Waals surface area contributed by atoms with Crippen LogP contribution in [0.25, 0.3) is 10.8 Å². The van der Waals surface area contributed by atoms with Crippen molar-refractivity contribution in [2.45, 2.75) is 19.1 Å². The third kappa shape index (κ3) is 4.56. The van der Waals surface area contributed by atoms with Gasteiger partial charge in [-0.05, 0) is 64.7 Å². The fourth-order valence-electron chi connectivity index (χ4n) is 3.66. The van der Waals surface area contributed by atoms with Gasteiger partial charge in [0, 0.05) is 41.9 Å². The first-order valence-corrected chi connectivity index (χ1v) is 9.93. The summed E-state index contributed by atoms with van der Waals surface area (Å²) in [4.78, 5) is 2.29. The minimum atomic E-state index is -0.438. The van der Waals surface area contributed by atoms with E-state index < -0.39 is 6.10 Å². The second-order valence-corrected chi connectivity index (χ2v) is 8.01. The van der Waals surface area contributed by atoms with Crippen LogP contribution in [0.5, 0.6) is 0 Å². The Kier molecular flexibility index (Phi) is 5.55. The molecule has 5 heteroatoms. The Labute approximate surface area is 169 Å². The van der Waals surface area contributed by atoms with Gasteiger partial charge < -0.3 is 10.4 Å². The van der Waals surface area contributed by atoms with Gasteiger partial charge in [-0.15, -0.1) is 0 Å². The summed E-state index contributed by atoms with van der Waals surface area (Å²) in [7, 11) is 0. The van der Waals surface area contributed by atoms with Crippen LogP contribution in [-0.2, 0) is 13.0 Å². The zero-order valence-electron chi connectivity index (χ0n) is 15.0. The number of aliphatic hydroxyl groups excluding tert-OH is 1. The smallest absolute Gasteiger partial charge is 0.0839 e. The van der Waals surface area contributed by atoms with Crippen LogP contribution in [0.3, 0.4) is 0 Å².